The fourth-order valence-electron chi connectivity index (χ4n) is 1.20. The first kappa shape index (κ1) is 12.3. The van der Waals surface area contributed by atoms with Crippen LogP contribution < -0.4 is 4.90 Å². The van der Waals surface area contributed by atoms with E-state index < -0.39 is 0 Å². The lowest BCUT2D eigenvalue weighted by Crippen LogP contribution is -2.13. The second-order valence-electron chi connectivity index (χ2n) is 3.54. The number of rotatable bonds is 5. The van der Waals surface area contributed by atoms with Crippen LogP contribution in [0.5, 0.6) is 0 Å². The molecule has 1 aromatic rings. The van der Waals surface area contributed by atoms with Crippen molar-refractivity contribution in [2.45, 2.75) is 0 Å². The molecule has 1 rings (SSSR count). The average molecular weight is 215 g/mol. The number of aliphatic hydroxyl groups excluding tert-OH is 1. The summed E-state index contributed by atoms with van der Waals surface area (Å²) in [5.74, 6) is 0. The molecule has 0 radical (unpaired) electrons. The molecular weight excluding hydrogens is 198 g/mol. The van der Waals surface area contributed by atoms with Crippen molar-refractivity contribution in [1.82, 2.24) is 0 Å². The second-order valence-corrected chi connectivity index (χ2v) is 3.54. The van der Waals surface area contributed by atoms with Gasteiger partial charge in [-0.3, -0.25) is 0 Å². The number of hydrogen-bond donors (Lipinski definition) is 1. The Balaban J connectivity index is 2.69. The molecule has 16 heavy (non-hydrogen) atoms. The van der Waals surface area contributed by atoms with E-state index in [9.17, 15) is 0 Å². The van der Waals surface area contributed by atoms with Gasteiger partial charge in [0, 0.05) is 18.4 Å². The van der Waals surface area contributed by atoms with Crippen LogP contribution in [0.25, 0.3) is 0 Å². The van der Waals surface area contributed by atoms with Crippen molar-refractivity contribution in [3.63, 3.8) is 0 Å². The van der Waals surface area contributed by atoms with E-state index >= 15 is 0 Å². The average Bonchev–Trinajstić information content (AvgIpc) is 2.35. The minimum absolute atomic E-state index is 0.0289. The highest BCUT2D eigenvalue weighted by Crippen LogP contribution is 2.16. The molecule has 0 aliphatic rings. The van der Waals surface area contributed by atoms with Crippen LogP contribution in [0.3, 0.4) is 0 Å². The van der Waals surface area contributed by atoms with Crippen LogP contribution in [0.4, 0.5) is 5.69 Å². The number of benzene rings is 1. The summed E-state index contributed by atoms with van der Waals surface area (Å²) in [6.07, 6.45) is 3.60. The molecule has 0 fully saturated rings. The van der Waals surface area contributed by atoms with Gasteiger partial charge in [0.25, 0.3) is 0 Å². The second kappa shape index (κ2) is 5.93. The van der Waals surface area contributed by atoms with Crippen molar-refractivity contribution in [2.24, 2.45) is 0 Å². The lowest BCUT2D eigenvalue weighted by molar-refractivity contribution is 0.335. The summed E-state index contributed by atoms with van der Waals surface area (Å²) in [4.78, 5) is 1.97. The maximum absolute atomic E-state index is 8.81. The summed E-state index contributed by atoms with van der Waals surface area (Å²) >= 11 is 0. The summed E-state index contributed by atoms with van der Waals surface area (Å²) in [5.41, 5.74) is 2.59. The van der Waals surface area contributed by atoms with E-state index in [-0.39, 0.29) is 6.61 Å². The van der Waals surface area contributed by atoms with Crippen LogP contribution in [0, 0.1) is 0 Å². The summed E-state index contributed by atoms with van der Waals surface area (Å²) in [6.45, 7) is 7.61. The highest BCUT2D eigenvalue weighted by molar-refractivity contribution is 5.53. The van der Waals surface area contributed by atoms with Gasteiger partial charge in [-0.25, -0.2) is 0 Å². The smallest absolute Gasteiger partial charge is 0.0676 e. The number of nitrogens with zero attached hydrogens (tertiary/aromatic N) is 1. The molecule has 2 nitrogen and oxygen atoms in total. The summed E-state index contributed by atoms with van der Waals surface area (Å²) in [6, 6.07) is 9.97. The zero-order valence-electron chi connectivity index (χ0n) is 9.56. The zero-order valence-corrected chi connectivity index (χ0v) is 9.56. The summed E-state index contributed by atoms with van der Waals surface area (Å²) < 4.78 is 0. The molecule has 0 spiro atoms. The van der Waals surface area contributed by atoms with Crippen LogP contribution in [-0.4, -0.2) is 18.8 Å². The van der Waals surface area contributed by atoms with E-state index in [1.807, 2.05) is 48.4 Å². The first-order valence-electron chi connectivity index (χ1n) is 5.09. The van der Waals surface area contributed by atoms with Gasteiger partial charge in [-0.05, 0) is 23.8 Å². The third-order valence-electron chi connectivity index (χ3n) is 2.29. The molecule has 0 unspecified atom stereocenters. The van der Waals surface area contributed by atoms with Crippen LogP contribution in [-0.2, 0) is 0 Å². The number of allylic oxidation sites excluding steroid dienone is 1. The van der Waals surface area contributed by atoms with Crippen LogP contribution in [0.1, 0.15) is 0 Å². The molecule has 0 bridgehead atoms. The molecule has 84 valence electrons. The molecular formula is C14H17NO. The normalized spacial score (nSPS) is 10.4. The van der Waals surface area contributed by atoms with Crippen LogP contribution in [0.15, 0.2) is 66.9 Å². The number of hydrogen-bond acceptors (Lipinski definition) is 2. The van der Waals surface area contributed by atoms with Crippen molar-refractivity contribution < 1.29 is 5.11 Å². The van der Waals surface area contributed by atoms with Gasteiger partial charge in [-0.15, -0.1) is 0 Å². The van der Waals surface area contributed by atoms with E-state index in [4.69, 9.17) is 5.11 Å². The number of para-hydroxylation sites is 1. The van der Waals surface area contributed by atoms with Crippen molar-refractivity contribution in [3.8, 4) is 0 Å². The molecule has 1 N–H and O–H groups in total. The maximum atomic E-state index is 8.81. The number of anilines is 1. The molecule has 0 saturated carbocycles. The molecule has 1 aromatic carbocycles. The Kier molecular flexibility index (Phi) is 4.55. The quantitative estimate of drug-likeness (QED) is 0.763. The highest BCUT2D eigenvalue weighted by Gasteiger charge is 2.00. The maximum Gasteiger partial charge on any atom is 0.0676 e. The topological polar surface area (TPSA) is 23.5 Å². The fourth-order valence-corrected chi connectivity index (χ4v) is 1.20. The van der Waals surface area contributed by atoms with Gasteiger partial charge in [0.1, 0.15) is 0 Å². The molecule has 0 heterocycles. The summed E-state index contributed by atoms with van der Waals surface area (Å²) in [7, 11) is 1.95. The van der Waals surface area contributed by atoms with Crippen molar-refractivity contribution in [3.05, 3.63) is 66.9 Å². The van der Waals surface area contributed by atoms with Gasteiger partial charge in [-0.2, -0.15) is 0 Å². The van der Waals surface area contributed by atoms with Gasteiger partial charge in [0.15, 0.2) is 0 Å². The molecule has 0 amide bonds. The van der Waals surface area contributed by atoms with Gasteiger partial charge in [0.05, 0.1) is 6.61 Å². The van der Waals surface area contributed by atoms with Gasteiger partial charge >= 0.3 is 0 Å². The van der Waals surface area contributed by atoms with Gasteiger partial charge in [-0.1, -0.05) is 37.4 Å². The Labute approximate surface area is 96.8 Å². The SMILES string of the molecule is C=C(/C=C\C(=C)N(C)c1ccccc1)CO. The third kappa shape index (κ3) is 3.41. The lowest BCUT2D eigenvalue weighted by atomic mass is 10.2. The van der Waals surface area contributed by atoms with E-state index in [0.717, 1.165) is 11.4 Å². The Morgan fingerprint density at radius 3 is 2.44 bits per heavy atom. The van der Waals surface area contributed by atoms with Gasteiger partial charge in [0.2, 0.25) is 0 Å². The van der Waals surface area contributed by atoms with Crippen LogP contribution in [0.2, 0.25) is 0 Å². The summed E-state index contributed by atoms with van der Waals surface area (Å²) in [5, 5.41) is 8.81. The lowest BCUT2D eigenvalue weighted by Gasteiger charge is -2.19. The zero-order chi connectivity index (χ0) is 12.0. The Hall–Kier alpha value is -1.80. The standard InChI is InChI=1S/C14H17NO/c1-12(11-16)9-10-13(2)15(3)14-7-5-4-6-8-14/h4-10,16H,1-2,11H2,3H3/b10-9-. The van der Waals surface area contributed by atoms with Crippen LogP contribution >= 0.6 is 0 Å². The Bertz CT molecular complexity index is 392. The minimum Gasteiger partial charge on any atom is -0.392 e. The molecule has 0 atom stereocenters. The minimum atomic E-state index is -0.0289. The van der Waals surface area contributed by atoms with Crippen molar-refractivity contribution >= 4 is 5.69 Å². The molecule has 0 aliphatic carbocycles. The predicted octanol–water partition coefficient (Wildman–Crippen LogP) is 2.74. The Morgan fingerprint density at radius 1 is 1.25 bits per heavy atom. The van der Waals surface area contributed by atoms with Crippen molar-refractivity contribution in [2.75, 3.05) is 18.6 Å². The first-order valence-corrected chi connectivity index (χ1v) is 5.09. The molecule has 2 heteroatoms. The number of aliphatic hydroxyl groups is 1. The largest absolute Gasteiger partial charge is 0.392 e. The number of likely N-dealkylation sites (N-methyl/N-ethyl adjacent to an activating group) is 1. The predicted molar refractivity (Wildman–Crippen MR) is 69.4 cm³/mol. The van der Waals surface area contributed by atoms with E-state index in [1.165, 1.54) is 0 Å². The third-order valence-corrected chi connectivity index (χ3v) is 2.29. The van der Waals surface area contributed by atoms with Crippen molar-refractivity contribution in [1.29, 1.82) is 0 Å². The molecule has 0 aromatic heterocycles. The Morgan fingerprint density at radius 2 is 1.88 bits per heavy atom. The van der Waals surface area contributed by atoms with E-state index in [1.54, 1.807) is 6.08 Å². The van der Waals surface area contributed by atoms with Gasteiger partial charge < -0.3 is 10.0 Å². The van der Waals surface area contributed by atoms with E-state index in [2.05, 4.69) is 13.2 Å². The fraction of sp³-hybridized carbons (Fsp3) is 0.143. The highest BCUT2D eigenvalue weighted by atomic mass is 16.3. The first-order chi connectivity index (χ1) is 7.65. The molecule has 0 aliphatic heterocycles. The monoisotopic (exact) mass is 215 g/mol. The van der Waals surface area contributed by atoms with E-state index in [0.29, 0.717) is 5.57 Å². The molecule has 0 saturated heterocycles.